The molecule has 0 radical (unpaired) electrons. The van der Waals surface area contributed by atoms with E-state index in [1.54, 1.807) is 83.5 Å². The summed E-state index contributed by atoms with van der Waals surface area (Å²) < 4.78 is 0.974. The van der Waals surface area contributed by atoms with Crippen LogP contribution in [0.2, 0.25) is 0 Å². The molecule has 4 aliphatic carbocycles. The van der Waals surface area contributed by atoms with Crippen LogP contribution in [-0.4, -0.2) is 3.92 Å². The number of hydrogen-bond donors (Lipinski definition) is 0. The lowest BCUT2D eigenvalue weighted by Crippen LogP contribution is -2.29. The van der Waals surface area contributed by atoms with E-state index in [1.165, 1.54) is 32.1 Å². The summed E-state index contributed by atoms with van der Waals surface area (Å²) >= 11 is 2.88. The summed E-state index contributed by atoms with van der Waals surface area (Å²) in [6.07, 6.45) is 27.9. The second-order valence-electron chi connectivity index (χ2n) is 11.6. The van der Waals surface area contributed by atoms with Gasteiger partial charge in [-0.2, -0.15) is 0 Å². The van der Waals surface area contributed by atoms with E-state index in [9.17, 15) is 0 Å². The highest BCUT2D eigenvalue weighted by atomic mass is 127. The Bertz CT molecular complexity index is 429. The molecule has 0 aliphatic heterocycles. The molecule has 4 fully saturated rings. The zero-order chi connectivity index (χ0) is 19.3. The highest BCUT2D eigenvalue weighted by Gasteiger charge is 2.34. The molecule has 1 unspecified atom stereocenters. The molecule has 0 aromatic carbocycles. The lowest BCUT2D eigenvalue weighted by atomic mass is 9.67. The van der Waals surface area contributed by atoms with Gasteiger partial charge in [0.15, 0.2) is 0 Å². The Morgan fingerprint density at radius 1 is 0.571 bits per heavy atom. The van der Waals surface area contributed by atoms with E-state index in [0.29, 0.717) is 0 Å². The number of rotatable bonds is 5. The van der Waals surface area contributed by atoms with Crippen molar-refractivity contribution < 1.29 is 0 Å². The fourth-order valence-corrected chi connectivity index (χ4v) is 9.19. The van der Waals surface area contributed by atoms with Gasteiger partial charge in [0, 0.05) is 3.92 Å². The first kappa shape index (κ1) is 21.9. The van der Waals surface area contributed by atoms with Crippen LogP contribution >= 0.6 is 22.6 Å². The van der Waals surface area contributed by atoms with Gasteiger partial charge in [-0.3, -0.25) is 0 Å². The first-order valence-corrected chi connectivity index (χ1v) is 14.6. The zero-order valence-corrected chi connectivity index (χ0v) is 20.9. The van der Waals surface area contributed by atoms with Crippen molar-refractivity contribution in [3.8, 4) is 0 Å². The molecule has 0 aromatic rings. The molecular weight excluding hydrogens is 451 g/mol. The molecule has 0 heterocycles. The van der Waals surface area contributed by atoms with E-state index in [2.05, 4.69) is 29.5 Å². The molecule has 0 N–H and O–H groups in total. The van der Waals surface area contributed by atoms with Crippen LogP contribution in [-0.2, 0) is 0 Å². The van der Waals surface area contributed by atoms with E-state index in [1.807, 2.05) is 0 Å². The minimum Gasteiger partial charge on any atom is -0.0823 e. The third-order valence-electron chi connectivity index (χ3n) is 9.82. The van der Waals surface area contributed by atoms with Crippen LogP contribution in [0.15, 0.2) is 0 Å². The van der Waals surface area contributed by atoms with Crippen LogP contribution < -0.4 is 0 Å². The largest absolute Gasteiger partial charge is 0.0823 e. The molecule has 162 valence electrons. The van der Waals surface area contributed by atoms with Crippen molar-refractivity contribution in [3.05, 3.63) is 0 Å². The lowest BCUT2D eigenvalue weighted by Gasteiger charge is -2.40. The molecule has 4 saturated carbocycles. The highest BCUT2D eigenvalue weighted by molar-refractivity contribution is 14.1. The first-order chi connectivity index (χ1) is 13.7. The van der Waals surface area contributed by atoms with Gasteiger partial charge in [-0.1, -0.05) is 87.3 Å². The summed E-state index contributed by atoms with van der Waals surface area (Å²) in [5, 5.41) is 0. The fraction of sp³-hybridized carbons (Fsp3) is 1.00. The SMILES string of the molecule is CC1CCC(C2CCC(CC(I)C3CCC(C4CCCCC4)CC3)CC2)CC1. The van der Waals surface area contributed by atoms with E-state index in [4.69, 9.17) is 0 Å². The molecule has 28 heavy (non-hydrogen) atoms. The quantitative estimate of drug-likeness (QED) is 0.262. The smallest absolute Gasteiger partial charge is 0.0140 e. The summed E-state index contributed by atoms with van der Waals surface area (Å²) in [4.78, 5) is 0. The number of alkyl halides is 1. The zero-order valence-electron chi connectivity index (χ0n) is 18.7. The second-order valence-corrected chi connectivity index (χ2v) is 13.2. The van der Waals surface area contributed by atoms with Gasteiger partial charge in [0.2, 0.25) is 0 Å². The molecule has 1 atom stereocenters. The van der Waals surface area contributed by atoms with Crippen molar-refractivity contribution in [1.82, 2.24) is 0 Å². The Labute approximate surface area is 189 Å². The Morgan fingerprint density at radius 3 is 1.61 bits per heavy atom. The highest BCUT2D eigenvalue weighted by Crippen LogP contribution is 2.46. The van der Waals surface area contributed by atoms with E-state index in [-0.39, 0.29) is 0 Å². The predicted molar refractivity (Wildman–Crippen MR) is 131 cm³/mol. The summed E-state index contributed by atoms with van der Waals surface area (Å²) in [6.45, 7) is 2.47. The van der Waals surface area contributed by atoms with Gasteiger partial charge in [-0.15, -0.1) is 0 Å². The molecule has 0 saturated heterocycles. The van der Waals surface area contributed by atoms with Gasteiger partial charge in [-0.05, 0) is 99.2 Å². The maximum atomic E-state index is 2.88. The van der Waals surface area contributed by atoms with Crippen molar-refractivity contribution in [2.24, 2.45) is 41.4 Å². The molecule has 4 aliphatic rings. The predicted octanol–water partition coefficient (Wildman–Crippen LogP) is 9.20. The molecule has 0 bridgehead atoms. The van der Waals surface area contributed by atoms with Crippen LogP contribution in [0.1, 0.15) is 122 Å². The summed E-state index contributed by atoms with van der Waals surface area (Å²) in [7, 11) is 0. The molecule has 0 aromatic heterocycles. The minimum absolute atomic E-state index is 0.974. The second kappa shape index (κ2) is 10.9. The maximum Gasteiger partial charge on any atom is 0.0140 e. The van der Waals surface area contributed by atoms with Crippen LogP contribution in [0, 0.1) is 41.4 Å². The summed E-state index contributed by atoms with van der Waals surface area (Å²) in [6, 6.07) is 0. The van der Waals surface area contributed by atoms with Crippen molar-refractivity contribution in [2.45, 2.75) is 126 Å². The average Bonchev–Trinajstić information content (AvgIpc) is 2.76. The van der Waals surface area contributed by atoms with Gasteiger partial charge < -0.3 is 0 Å². The standard InChI is InChI=1S/C27H47I/c1-20-7-11-23(12-8-20)24-13-9-21(10-14-24)19-27(28)26-17-15-25(16-18-26)22-5-3-2-4-6-22/h20-27H,2-19H2,1H3. The van der Waals surface area contributed by atoms with E-state index >= 15 is 0 Å². The van der Waals surface area contributed by atoms with Crippen molar-refractivity contribution in [2.75, 3.05) is 0 Å². The van der Waals surface area contributed by atoms with Crippen LogP contribution in [0.3, 0.4) is 0 Å². The van der Waals surface area contributed by atoms with Gasteiger partial charge in [-0.25, -0.2) is 0 Å². The van der Waals surface area contributed by atoms with Crippen molar-refractivity contribution >= 4 is 22.6 Å². The fourth-order valence-electron chi connectivity index (χ4n) is 7.75. The normalized spacial score (nSPS) is 42.2. The van der Waals surface area contributed by atoms with Crippen molar-refractivity contribution in [3.63, 3.8) is 0 Å². The molecular formula is C27H47I. The Kier molecular flexibility index (Phi) is 8.50. The van der Waals surface area contributed by atoms with Crippen LogP contribution in [0.5, 0.6) is 0 Å². The van der Waals surface area contributed by atoms with Gasteiger partial charge in [0.05, 0.1) is 0 Å². The monoisotopic (exact) mass is 498 g/mol. The van der Waals surface area contributed by atoms with Crippen LogP contribution in [0.4, 0.5) is 0 Å². The summed E-state index contributed by atoms with van der Waals surface area (Å²) in [5.41, 5.74) is 0. The Morgan fingerprint density at radius 2 is 1.04 bits per heavy atom. The topological polar surface area (TPSA) is 0 Å². The Hall–Kier alpha value is 0.730. The van der Waals surface area contributed by atoms with Crippen molar-refractivity contribution in [1.29, 1.82) is 0 Å². The van der Waals surface area contributed by atoms with Crippen LogP contribution in [0.25, 0.3) is 0 Å². The third-order valence-corrected chi connectivity index (χ3v) is 11.3. The van der Waals surface area contributed by atoms with Gasteiger partial charge in [0.25, 0.3) is 0 Å². The molecule has 1 heteroatoms. The molecule has 0 nitrogen and oxygen atoms in total. The molecule has 0 amide bonds. The van der Waals surface area contributed by atoms with Gasteiger partial charge in [0.1, 0.15) is 0 Å². The number of halogens is 1. The van der Waals surface area contributed by atoms with E-state index in [0.717, 1.165) is 45.3 Å². The third kappa shape index (κ3) is 5.91. The minimum atomic E-state index is 0.974. The first-order valence-electron chi connectivity index (χ1n) is 13.3. The molecule has 4 rings (SSSR count). The van der Waals surface area contributed by atoms with E-state index < -0.39 is 0 Å². The lowest BCUT2D eigenvalue weighted by molar-refractivity contribution is 0.139. The summed E-state index contributed by atoms with van der Waals surface area (Å²) in [5.74, 6) is 7.55. The van der Waals surface area contributed by atoms with Gasteiger partial charge >= 0.3 is 0 Å². The number of hydrogen-bond acceptors (Lipinski definition) is 0. The maximum absolute atomic E-state index is 2.88. The Balaban J connectivity index is 1.14. The average molecular weight is 499 g/mol. The molecule has 0 spiro atoms.